The van der Waals surface area contributed by atoms with Crippen molar-refractivity contribution in [1.29, 1.82) is 0 Å². The van der Waals surface area contributed by atoms with Crippen molar-refractivity contribution in [1.82, 2.24) is 0 Å². The van der Waals surface area contributed by atoms with Crippen molar-refractivity contribution in [2.24, 2.45) is 0 Å². The highest BCUT2D eigenvalue weighted by Gasteiger charge is 2.05. The SMILES string of the molecule is C[SiH](C)c1ccccc1CCCS. The van der Waals surface area contributed by atoms with Gasteiger partial charge in [0, 0.05) is 0 Å². The van der Waals surface area contributed by atoms with E-state index in [-0.39, 0.29) is 0 Å². The molecule has 2 heteroatoms. The molecule has 1 aromatic carbocycles. The second-order valence-corrected chi connectivity index (χ2v) is 7.06. The maximum Gasteiger partial charge on any atom is 0.0650 e. The molecule has 0 heterocycles. The van der Waals surface area contributed by atoms with Crippen LogP contribution in [-0.4, -0.2) is 14.5 Å². The van der Waals surface area contributed by atoms with Crippen LogP contribution < -0.4 is 5.19 Å². The maximum absolute atomic E-state index is 4.25. The van der Waals surface area contributed by atoms with E-state index in [9.17, 15) is 0 Å². The zero-order chi connectivity index (χ0) is 9.68. The third-order valence-electron chi connectivity index (χ3n) is 2.28. The molecule has 0 nitrogen and oxygen atoms in total. The lowest BCUT2D eigenvalue weighted by Gasteiger charge is -2.10. The van der Waals surface area contributed by atoms with Crippen LogP contribution in [0.25, 0.3) is 0 Å². The van der Waals surface area contributed by atoms with E-state index < -0.39 is 8.80 Å². The Morgan fingerprint density at radius 2 is 1.92 bits per heavy atom. The first kappa shape index (κ1) is 10.9. The average Bonchev–Trinajstić information content (AvgIpc) is 2.15. The predicted octanol–water partition coefficient (Wildman–Crippen LogP) is 2.24. The van der Waals surface area contributed by atoms with Gasteiger partial charge in [0.05, 0.1) is 8.80 Å². The topological polar surface area (TPSA) is 0 Å². The van der Waals surface area contributed by atoms with Crippen molar-refractivity contribution in [3.63, 3.8) is 0 Å². The smallest absolute Gasteiger partial charge is 0.0650 e. The van der Waals surface area contributed by atoms with Crippen LogP contribution in [0.15, 0.2) is 24.3 Å². The molecule has 0 bridgehead atoms. The van der Waals surface area contributed by atoms with E-state index in [0.29, 0.717) is 0 Å². The van der Waals surface area contributed by atoms with Crippen LogP contribution in [0.1, 0.15) is 12.0 Å². The normalized spacial score (nSPS) is 10.8. The van der Waals surface area contributed by atoms with Crippen molar-refractivity contribution in [3.8, 4) is 0 Å². The standard InChI is InChI=1S/C11H18SSi/c1-13(2)11-8-4-3-6-10(11)7-5-9-12/h3-4,6,8,12-13H,5,7,9H2,1-2H3. The number of rotatable bonds is 4. The van der Waals surface area contributed by atoms with Gasteiger partial charge in [0.25, 0.3) is 0 Å². The minimum absolute atomic E-state index is 0.636. The Morgan fingerprint density at radius 1 is 1.23 bits per heavy atom. The first-order valence-electron chi connectivity index (χ1n) is 4.94. The number of aryl methyl sites for hydroxylation is 1. The van der Waals surface area contributed by atoms with Gasteiger partial charge in [-0.15, -0.1) is 0 Å². The largest absolute Gasteiger partial charge is 0.179 e. The minimum atomic E-state index is -0.636. The van der Waals surface area contributed by atoms with Crippen LogP contribution in [0.2, 0.25) is 13.1 Å². The molecule has 0 radical (unpaired) electrons. The fraction of sp³-hybridized carbons (Fsp3) is 0.455. The summed E-state index contributed by atoms with van der Waals surface area (Å²) in [4.78, 5) is 0. The summed E-state index contributed by atoms with van der Waals surface area (Å²) in [5, 5.41) is 1.63. The fourth-order valence-electron chi connectivity index (χ4n) is 1.59. The molecule has 1 aromatic rings. The van der Waals surface area contributed by atoms with Crippen molar-refractivity contribution in [3.05, 3.63) is 29.8 Å². The Hall–Kier alpha value is -0.213. The zero-order valence-electron chi connectivity index (χ0n) is 8.46. The Morgan fingerprint density at radius 3 is 2.54 bits per heavy atom. The second kappa shape index (κ2) is 5.50. The molecule has 72 valence electrons. The van der Waals surface area contributed by atoms with Crippen molar-refractivity contribution in [2.45, 2.75) is 25.9 Å². The predicted molar refractivity (Wildman–Crippen MR) is 67.1 cm³/mol. The van der Waals surface area contributed by atoms with Crippen molar-refractivity contribution >= 4 is 26.6 Å². The average molecular weight is 210 g/mol. The van der Waals surface area contributed by atoms with Crippen LogP contribution in [0.3, 0.4) is 0 Å². The first-order valence-corrected chi connectivity index (χ1v) is 8.46. The summed E-state index contributed by atoms with van der Waals surface area (Å²) in [6.45, 7) is 4.78. The zero-order valence-corrected chi connectivity index (χ0v) is 10.5. The van der Waals surface area contributed by atoms with Gasteiger partial charge in [0.2, 0.25) is 0 Å². The summed E-state index contributed by atoms with van der Waals surface area (Å²) < 4.78 is 0. The number of thiol groups is 1. The summed E-state index contributed by atoms with van der Waals surface area (Å²) in [6.07, 6.45) is 2.39. The Balaban J connectivity index is 2.78. The highest BCUT2D eigenvalue weighted by molar-refractivity contribution is 7.80. The van der Waals surface area contributed by atoms with E-state index in [4.69, 9.17) is 0 Å². The summed E-state index contributed by atoms with van der Waals surface area (Å²) in [5.74, 6) is 0.994. The molecule has 0 spiro atoms. The molecule has 0 saturated heterocycles. The molecule has 0 fully saturated rings. The highest BCUT2D eigenvalue weighted by Crippen LogP contribution is 2.03. The van der Waals surface area contributed by atoms with Crippen LogP contribution in [0.5, 0.6) is 0 Å². The minimum Gasteiger partial charge on any atom is -0.179 e. The van der Waals surface area contributed by atoms with Crippen molar-refractivity contribution < 1.29 is 0 Å². The lowest BCUT2D eigenvalue weighted by Crippen LogP contribution is -2.26. The Bertz CT molecular complexity index is 258. The molecule has 0 aliphatic rings. The van der Waals surface area contributed by atoms with Crippen LogP contribution in [-0.2, 0) is 6.42 Å². The van der Waals surface area contributed by atoms with E-state index in [1.54, 1.807) is 10.8 Å². The molecule has 1 rings (SSSR count). The summed E-state index contributed by atoms with van der Waals surface area (Å²) in [5.41, 5.74) is 1.55. The van der Waals surface area contributed by atoms with Gasteiger partial charge in [0.15, 0.2) is 0 Å². The highest BCUT2D eigenvalue weighted by atomic mass is 32.1. The molecular formula is C11H18SSi. The molecule has 0 unspecified atom stereocenters. The summed E-state index contributed by atoms with van der Waals surface area (Å²) in [7, 11) is -0.636. The third-order valence-corrected chi connectivity index (χ3v) is 4.40. The molecule has 0 aliphatic heterocycles. The van der Waals surface area contributed by atoms with Gasteiger partial charge in [-0.05, 0) is 24.2 Å². The maximum atomic E-state index is 4.25. The number of hydrogen-bond donors (Lipinski definition) is 1. The summed E-state index contributed by atoms with van der Waals surface area (Å²) in [6, 6.07) is 8.87. The second-order valence-electron chi connectivity index (χ2n) is 3.68. The molecule has 0 N–H and O–H groups in total. The van der Waals surface area contributed by atoms with Gasteiger partial charge in [-0.3, -0.25) is 0 Å². The van der Waals surface area contributed by atoms with E-state index in [1.807, 2.05) is 0 Å². The number of benzene rings is 1. The molecule has 0 aromatic heterocycles. The van der Waals surface area contributed by atoms with Gasteiger partial charge in [-0.25, -0.2) is 0 Å². The molecule has 0 aliphatic carbocycles. The Labute approximate surface area is 88.4 Å². The summed E-state index contributed by atoms with van der Waals surface area (Å²) >= 11 is 4.25. The van der Waals surface area contributed by atoms with E-state index >= 15 is 0 Å². The molecule has 0 saturated carbocycles. The van der Waals surface area contributed by atoms with E-state index in [1.165, 1.54) is 12.8 Å². The molecular weight excluding hydrogens is 192 g/mol. The van der Waals surface area contributed by atoms with Crippen LogP contribution in [0, 0.1) is 0 Å². The van der Waals surface area contributed by atoms with Crippen LogP contribution >= 0.6 is 12.6 Å². The van der Waals surface area contributed by atoms with Gasteiger partial charge < -0.3 is 0 Å². The van der Waals surface area contributed by atoms with Gasteiger partial charge >= 0.3 is 0 Å². The van der Waals surface area contributed by atoms with Crippen molar-refractivity contribution in [2.75, 3.05) is 5.75 Å². The van der Waals surface area contributed by atoms with Gasteiger partial charge in [-0.1, -0.05) is 42.5 Å². The monoisotopic (exact) mass is 210 g/mol. The van der Waals surface area contributed by atoms with Crippen LogP contribution in [0.4, 0.5) is 0 Å². The van der Waals surface area contributed by atoms with Gasteiger partial charge in [0.1, 0.15) is 0 Å². The van der Waals surface area contributed by atoms with E-state index in [0.717, 1.165) is 5.75 Å². The third kappa shape index (κ3) is 3.20. The van der Waals surface area contributed by atoms with Gasteiger partial charge in [-0.2, -0.15) is 12.6 Å². The molecule has 13 heavy (non-hydrogen) atoms. The fourth-order valence-corrected chi connectivity index (χ4v) is 3.23. The van der Waals surface area contributed by atoms with E-state index in [2.05, 4.69) is 50.0 Å². The molecule has 0 atom stereocenters. The first-order chi connectivity index (χ1) is 6.25. The quantitative estimate of drug-likeness (QED) is 0.572. The Kier molecular flexibility index (Phi) is 4.60. The molecule has 0 amide bonds. The lowest BCUT2D eigenvalue weighted by molar-refractivity contribution is 0.941. The lowest BCUT2D eigenvalue weighted by atomic mass is 10.1. The number of hydrogen-bond acceptors (Lipinski definition) is 1.